The lowest BCUT2D eigenvalue weighted by molar-refractivity contribution is 0.391. The van der Waals surface area contributed by atoms with Crippen LogP contribution in [0.15, 0.2) is 50.2 Å². The number of thiophene rings is 1. The van der Waals surface area contributed by atoms with Gasteiger partial charge in [-0.05, 0) is 24.4 Å². The maximum absolute atomic E-state index is 12.3. The third kappa shape index (κ3) is 3.10. The topological polar surface area (TPSA) is 73.8 Å². The quantitative estimate of drug-likeness (QED) is 0.403. The second-order valence-corrected chi connectivity index (χ2v) is 7.42. The van der Waals surface area contributed by atoms with Gasteiger partial charge < -0.3 is 4.52 Å². The summed E-state index contributed by atoms with van der Waals surface area (Å²) in [6.07, 6.45) is 0. The van der Waals surface area contributed by atoms with Crippen LogP contribution in [0.4, 0.5) is 0 Å². The SMILES string of the molecule is Cc1cccc(-c2noc(CSc3nc4ccsc4c(=O)n3C)n2)c1. The smallest absolute Gasteiger partial charge is 0.271 e. The number of benzene rings is 1. The maximum Gasteiger partial charge on any atom is 0.271 e. The van der Waals surface area contributed by atoms with Crippen molar-refractivity contribution in [2.45, 2.75) is 17.8 Å². The van der Waals surface area contributed by atoms with Crippen LogP contribution in [-0.2, 0) is 12.8 Å². The van der Waals surface area contributed by atoms with Crippen molar-refractivity contribution in [3.63, 3.8) is 0 Å². The fourth-order valence-corrected chi connectivity index (χ4v) is 4.05. The zero-order valence-corrected chi connectivity index (χ0v) is 15.2. The number of hydrogen-bond donors (Lipinski definition) is 0. The van der Waals surface area contributed by atoms with Gasteiger partial charge in [0, 0.05) is 12.6 Å². The highest BCUT2D eigenvalue weighted by atomic mass is 32.2. The van der Waals surface area contributed by atoms with E-state index in [-0.39, 0.29) is 5.56 Å². The third-order valence-electron chi connectivity index (χ3n) is 3.72. The van der Waals surface area contributed by atoms with Gasteiger partial charge in [0.15, 0.2) is 5.16 Å². The van der Waals surface area contributed by atoms with Crippen LogP contribution in [-0.4, -0.2) is 19.7 Å². The Morgan fingerprint density at radius 3 is 3.00 bits per heavy atom. The lowest BCUT2D eigenvalue weighted by Gasteiger charge is -2.05. The Morgan fingerprint density at radius 2 is 2.16 bits per heavy atom. The van der Waals surface area contributed by atoms with Crippen molar-refractivity contribution >= 4 is 33.3 Å². The Kier molecular flexibility index (Phi) is 4.14. The number of aromatic nitrogens is 4. The van der Waals surface area contributed by atoms with E-state index in [0.29, 0.717) is 27.3 Å². The maximum atomic E-state index is 12.3. The molecule has 3 heterocycles. The van der Waals surface area contributed by atoms with E-state index in [1.54, 1.807) is 11.6 Å². The molecule has 8 heteroatoms. The van der Waals surface area contributed by atoms with Gasteiger partial charge in [0.1, 0.15) is 4.70 Å². The summed E-state index contributed by atoms with van der Waals surface area (Å²) in [4.78, 5) is 21.3. The molecule has 0 saturated heterocycles. The standard InChI is InChI=1S/C17H14N4O2S2/c1-10-4-3-5-11(8-10)15-19-13(23-20-15)9-25-17-18-12-6-7-24-14(12)16(22)21(17)2/h3-8H,9H2,1-2H3. The van der Waals surface area contributed by atoms with Crippen LogP contribution in [0.2, 0.25) is 0 Å². The van der Waals surface area contributed by atoms with Crippen LogP contribution < -0.4 is 5.56 Å². The zero-order chi connectivity index (χ0) is 17.4. The molecular formula is C17H14N4O2S2. The molecule has 0 fully saturated rings. The summed E-state index contributed by atoms with van der Waals surface area (Å²) in [5.41, 5.74) is 2.75. The number of fused-ring (bicyclic) bond motifs is 1. The van der Waals surface area contributed by atoms with Gasteiger partial charge in [0.25, 0.3) is 5.56 Å². The van der Waals surface area contributed by atoms with Crippen molar-refractivity contribution in [2.75, 3.05) is 0 Å². The van der Waals surface area contributed by atoms with E-state index >= 15 is 0 Å². The normalized spacial score (nSPS) is 11.3. The first-order valence-corrected chi connectivity index (χ1v) is 9.45. The summed E-state index contributed by atoms with van der Waals surface area (Å²) >= 11 is 2.81. The van der Waals surface area contributed by atoms with Gasteiger partial charge >= 0.3 is 0 Å². The molecule has 3 aromatic heterocycles. The lowest BCUT2D eigenvalue weighted by Crippen LogP contribution is -2.18. The number of hydrogen-bond acceptors (Lipinski definition) is 7. The summed E-state index contributed by atoms with van der Waals surface area (Å²) in [5.74, 6) is 1.52. The highest BCUT2D eigenvalue weighted by Crippen LogP contribution is 2.24. The van der Waals surface area contributed by atoms with E-state index in [0.717, 1.165) is 16.6 Å². The van der Waals surface area contributed by atoms with Crippen molar-refractivity contribution in [2.24, 2.45) is 7.05 Å². The van der Waals surface area contributed by atoms with E-state index in [4.69, 9.17) is 4.52 Å². The molecule has 1 aromatic carbocycles. The Morgan fingerprint density at radius 1 is 1.28 bits per heavy atom. The van der Waals surface area contributed by atoms with Gasteiger partial charge in [-0.25, -0.2) is 4.98 Å². The van der Waals surface area contributed by atoms with Crippen LogP contribution >= 0.6 is 23.1 Å². The van der Waals surface area contributed by atoms with Crippen molar-refractivity contribution < 1.29 is 4.52 Å². The molecule has 0 aliphatic heterocycles. The minimum atomic E-state index is -0.0338. The fraction of sp³-hybridized carbons (Fsp3) is 0.176. The van der Waals surface area contributed by atoms with Gasteiger partial charge in [0.2, 0.25) is 11.7 Å². The second kappa shape index (κ2) is 6.45. The van der Waals surface area contributed by atoms with Crippen LogP contribution in [0.3, 0.4) is 0 Å². The van der Waals surface area contributed by atoms with Crippen molar-refractivity contribution in [3.05, 3.63) is 57.5 Å². The first kappa shape index (κ1) is 16.0. The van der Waals surface area contributed by atoms with Gasteiger partial charge in [-0.3, -0.25) is 9.36 Å². The summed E-state index contributed by atoms with van der Waals surface area (Å²) in [7, 11) is 1.73. The summed E-state index contributed by atoms with van der Waals surface area (Å²) in [6, 6.07) is 9.80. The second-order valence-electron chi connectivity index (χ2n) is 5.56. The molecule has 25 heavy (non-hydrogen) atoms. The molecule has 126 valence electrons. The molecule has 0 atom stereocenters. The average Bonchev–Trinajstić information content (AvgIpc) is 3.26. The summed E-state index contributed by atoms with van der Waals surface area (Å²) in [5, 5.41) is 6.54. The Hall–Kier alpha value is -2.45. The predicted octanol–water partition coefficient (Wildman–Crippen LogP) is 3.65. The van der Waals surface area contributed by atoms with E-state index in [2.05, 4.69) is 15.1 Å². The number of thioether (sulfide) groups is 1. The molecule has 6 nitrogen and oxygen atoms in total. The summed E-state index contributed by atoms with van der Waals surface area (Å²) < 4.78 is 7.56. The number of aryl methyl sites for hydroxylation is 1. The minimum absolute atomic E-state index is 0.0338. The zero-order valence-electron chi connectivity index (χ0n) is 13.6. The van der Waals surface area contributed by atoms with Crippen LogP contribution in [0.25, 0.3) is 21.6 Å². The Labute approximate surface area is 151 Å². The fourth-order valence-electron chi connectivity index (χ4n) is 2.44. The van der Waals surface area contributed by atoms with E-state index in [1.807, 2.05) is 42.6 Å². The molecule has 0 amide bonds. The first-order valence-electron chi connectivity index (χ1n) is 7.58. The molecule has 0 unspecified atom stereocenters. The third-order valence-corrected chi connectivity index (χ3v) is 5.62. The molecule has 4 aromatic rings. The van der Waals surface area contributed by atoms with Gasteiger partial charge in [-0.2, -0.15) is 4.98 Å². The summed E-state index contributed by atoms with van der Waals surface area (Å²) in [6.45, 7) is 2.02. The lowest BCUT2D eigenvalue weighted by atomic mass is 10.1. The van der Waals surface area contributed by atoms with Crippen molar-refractivity contribution in [3.8, 4) is 11.4 Å². The molecular weight excluding hydrogens is 356 g/mol. The largest absolute Gasteiger partial charge is 0.338 e. The average molecular weight is 370 g/mol. The monoisotopic (exact) mass is 370 g/mol. The molecule has 0 radical (unpaired) electrons. The first-order chi connectivity index (χ1) is 12.1. The van der Waals surface area contributed by atoms with E-state index < -0.39 is 0 Å². The van der Waals surface area contributed by atoms with Gasteiger partial charge in [-0.15, -0.1) is 11.3 Å². The van der Waals surface area contributed by atoms with Gasteiger partial charge in [0.05, 0.1) is 11.3 Å². The molecule has 0 bridgehead atoms. The van der Waals surface area contributed by atoms with Crippen LogP contribution in [0.1, 0.15) is 11.5 Å². The molecule has 4 rings (SSSR count). The minimum Gasteiger partial charge on any atom is -0.338 e. The Balaban J connectivity index is 1.56. The van der Waals surface area contributed by atoms with Crippen molar-refractivity contribution in [1.82, 2.24) is 19.7 Å². The molecule has 0 N–H and O–H groups in total. The molecule has 0 aliphatic rings. The van der Waals surface area contributed by atoms with Crippen LogP contribution in [0, 0.1) is 6.92 Å². The van der Waals surface area contributed by atoms with Crippen molar-refractivity contribution in [1.29, 1.82) is 0 Å². The van der Waals surface area contributed by atoms with Crippen LogP contribution in [0.5, 0.6) is 0 Å². The van der Waals surface area contributed by atoms with E-state index in [1.165, 1.54) is 23.1 Å². The molecule has 0 saturated carbocycles. The van der Waals surface area contributed by atoms with E-state index in [9.17, 15) is 4.79 Å². The molecule has 0 spiro atoms. The Bertz CT molecular complexity index is 1110. The van der Waals surface area contributed by atoms with Gasteiger partial charge in [-0.1, -0.05) is 40.7 Å². The highest BCUT2D eigenvalue weighted by molar-refractivity contribution is 7.98. The number of nitrogens with zero attached hydrogens (tertiary/aromatic N) is 4. The molecule has 0 aliphatic carbocycles. The highest BCUT2D eigenvalue weighted by Gasteiger charge is 2.13. The predicted molar refractivity (Wildman–Crippen MR) is 98.9 cm³/mol. The number of rotatable bonds is 4.